The number of hydrogen-bond acceptors (Lipinski definition) is 4. The molecule has 0 radical (unpaired) electrons. The van der Waals surface area contributed by atoms with Crippen LogP contribution in [-0.2, 0) is 14.6 Å². The molecule has 2 aromatic carbocycles. The van der Waals surface area contributed by atoms with Gasteiger partial charge in [0.1, 0.15) is 0 Å². The largest absolute Gasteiger partial charge is 0.478 e. The number of rotatable bonds is 4. The fraction of sp³-hybridized carbons (Fsp3) is 0.188. The summed E-state index contributed by atoms with van der Waals surface area (Å²) in [5.41, 5.74) is 0.675. The summed E-state index contributed by atoms with van der Waals surface area (Å²) in [7, 11) is -0.0762. The Labute approximate surface area is 129 Å². The van der Waals surface area contributed by atoms with E-state index >= 15 is 0 Å². The van der Waals surface area contributed by atoms with Gasteiger partial charge in [-0.05, 0) is 19.1 Å². The molecule has 0 bridgehead atoms. The fourth-order valence-electron chi connectivity index (χ4n) is 2.25. The number of carbonyl (C=O) groups is 1. The van der Waals surface area contributed by atoms with Crippen molar-refractivity contribution in [3.05, 3.63) is 47.4 Å². The van der Waals surface area contributed by atoms with Gasteiger partial charge in [0.15, 0.2) is 0 Å². The topological polar surface area (TPSA) is 74.7 Å². The minimum atomic E-state index is -3.83. The van der Waals surface area contributed by atoms with Crippen molar-refractivity contribution in [3.8, 4) is 0 Å². The second kappa shape index (κ2) is 5.81. The van der Waals surface area contributed by atoms with Crippen LogP contribution in [0.5, 0.6) is 0 Å². The standard InChI is InChI=1S/C16H17NO4S/c1-11(16(18)19)10-22(20,21)15-9-5-6-12-13(15)7-4-8-14(12)17(2)3/h4-10H,1-3H3,(H,18,19). The minimum absolute atomic E-state index is 0.106. The lowest BCUT2D eigenvalue weighted by Gasteiger charge is -2.16. The summed E-state index contributed by atoms with van der Waals surface area (Å²) in [4.78, 5) is 12.9. The zero-order valence-electron chi connectivity index (χ0n) is 12.6. The van der Waals surface area contributed by atoms with Crippen LogP contribution in [0.3, 0.4) is 0 Å². The highest BCUT2D eigenvalue weighted by Gasteiger charge is 2.18. The van der Waals surface area contributed by atoms with Gasteiger partial charge >= 0.3 is 5.97 Å². The van der Waals surface area contributed by atoms with Crippen LogP contribution >= 0.6 is 0 Å². The van der Waals surface area contributed by atoms with Crippen LogP contribution in [0, 0.1) is 0 Å². The number of hydrogen-bond donors (Lipinski definition) is 1. The van der Waals surface area contributed by atoms with Crippen LogP contribution in [0.25, 0.3) is 10.8 Å². The first kappa shape index (κ1) is 16.0. The fourth-order valence-corrected chi connectivity index (χ4v) is 3.70. The molecular formula is C16H17NO4S. The maximum atomic E-state index is 12.5. The van der Waals surface area contributed by atoms with E-state index in [4.69, 9.17) is 5.11 Å². The van der Waals surface area contributed by atoms with Crippen molar-refractivity contribution in [1.29, 1.82) is 0 Å². The highest BCUT2D eigenvalue weighted by Crippen LogP contribution is 2.31. The lowest BCUT2D eigenvalue weighted by Crippen LogP contribution is -2.09. The summed E-state index contributed by atoms with van der Waals surface area (Å²) in [5, 5.41) is 11.1. The Morgan fingerprint density at radius 3 is 2.27 bits per heavy atom. The van der Waals surface area contributed by atoms with Gasteiger partial charge in [-0.1, -0.05) is 24.3 Å². The van der Waals surface area contributed by atoms with Crippen LogP contribution in [0.2, 0.25) is 0 Å². The van der Waals surface area contributed by atoms with E-state index in [1.807, 2.05) is 31.1 Å². The molecular weight excluding hydrogens is 302 g/mol. The van der Waals surface area contributed by atoms with Gasteiger partial charge in [-0.2, -0.15) is 0 Å². The predicted molar refractivity (Wildman–Crippen MR) is 86.9 cm³/mol. The third-order valence-corrected chi connectivity index (χ3v) is 4.95. The van der Waals surface area contributed by atoms with Crippen LogP contribution in [0.4, 0.5) is 5.69 Å². The molecule has 0 fully saturated rings. The Morgan fingerprint density at radius 2 is 1.68 bits per heavy atom. The maximum absolute atomic E-state index is 12.5. The molecule has 2 aromatic rings. The predicted octanol–water partition coefficient (Wildman–Crippen LogP) is 2.67. The number of aliphatic carboxylic acids is 1. The summed E-state index contributed by atoms with van der Waals surface area (Å²) in [6.07, 6.45) is 0. The smallest absolute Gasteiger partial charge is 0.331 e. The maximum Gasteiger partial charge on any atom is 0.331 e. The number of anilines is 1. The van der Waals surface area contributed by atoms with E-state index in [9.17, 15) is 13.2 Å². The van der Waals surface area contributed by atoms with E-state index < -0.39 is 15.8 Å². The minimum Gasteiger partial charge on any atom is -0.478 e. The first-order valence-corrected chi connectivity index (χ1v) is 8.14. The summed E-state index contributed by atoms with van der Waals surface area (Å²) in [6, 6.07) is 10.4. The molecule has 0 aliphatic rings. The van der Waals surface area contributed by atoms with E-state index in [1.165, 1.54) is 13.0 Å². The van der Waals surface area contributed by atoms with E-state index in [1.54, 1.807) is 18.2 Å². The van der Waals surface area contributed by atoms with Crippen LogP contribution in [0.1, 0.15) is 6.92 Å². The average Bonchev–Trinajstić information content (AvgIpc) is 2.45. The highest BCUT2D eigenvalue weighted by molar-refractivity contribution is 7.94. The molecule has 0 spiro atoms. The van der Waals surface area contributed by atoms with E-state index in [2.05, 4.69) is 0 Å². The molecule has 0 saturated heterocycles. The second-order valence-electron chi connectivity index (χ2n) is 5.17. The van der Waals surface area contributed by atoms with Crippen LogP contribution < -0.4 is 4.90 Å². The first-order chi connectivity index (χ1) is 10.2. The van der Waals surface area contributed by atoms with Crippen LogP contribution in [0.15, 0.2) is 52.3 Å². The lowest BCUT2D eigenvalue weighted by molar-refractivity contribution is -0.132. The van der Waals surface area contributed by atoms with Crippen molar-refractivity contribution in [2.75, 3.05) is 19.0 Å². The molecule has 1 N–H and O–H groups in total. The molecule has 0 atom stereocenters. The highest BCUT2D eigenvalue weighted by atomic mass is 32.2. The normalized spacial score (nSPS) is 12.4. The van der Waals surface area contributed by atoms with Crippen molar-refractivity contribution >= 4 is 32.3 Å². The van der Waals surface area contributed by atoms with E-state index in [-0.39, 0.29) is 10.5 Å². The molecule has 22 heavy (non-hydrogen) atoms. The summed E-state index contributed by atoms with van der Waals surface area (Å²) in [5.74, 6) is -1.25. The van der Waals surface area contributed by atoms with Gasteiger partial charge in [0.2, 0.25) is 9.84 Å². The van der Waals surface area contributed by atoms with Crippen LogP contribution in [-0.4, -0.2) is 33.6 Å². The quantitative estimate of drug-likeness (QED) is 0.877. The van der Waals surface area contributed by atoms with Crippen molar-refractivity contribution in [2.45, 2.75) is 11.8 Å². The summed E-state index contributed by atoms with van der Waals surface area (Å²) >= 11 is 0. The Morgan fingerprint density at radius 1 is 1.09 bits per heavy atom. The van der Waals surface area contributed by atoms with Gasteiger partial charge < -0.3 is 10.0 Å². The number of carboxylic acid groups (broad SMARTS) is 1. The molecule has 0 aliphatic heterocycles. The molecule has 5 nitrogen and oxygen atoms in total. The van der Waals surface area contributed by atoms with Gasteiger partial charge in [0, 0.05) is 41.5 Å². The molecule has 0 amide bonds. The Balaban J connectivity index is 2.75. The van der Waals surface area contributed by atoms with Gasteiger partial charge in [0.25, 0.3) is 0 Å². The van der Waals surface area contributed by atoms with Crippen molar-refractivity contribution in [3.63, 3.8) is 0 Å². The first-order valence-electron chi connectivity index (χ1n) is 6.60. The van der Waals surface area contributed by atoms with Crippen molar-refractivity contribution < 1.29 is 18.3 Å². The SMILES string of the molecule is CC(=CS(=O)(=O)c1cccc2c(N(C)C)cccc12)C(=O)O. The average molecular weight is 319 g/mol. The van der Waals surface area contributed by atoms with Crippen molar-refractivity contribution in [2.24, 2.45) is 0 Å². The van der Waals surface area contributed by atoms with Crippen molar-refractivity contribution in [1.82, 2.24) is 0 Å². The van der Waals surface area contributed by atoms with Gasteiger partial charge in [-0.3, -0.25) is 0 Å². The monoisotopic (exact) mass is 319 g/mol. The Kier molecular flexibility index (Phi) is 4.23. The molecule has 0 unspecified atom stereocenters. The molecule has 0 aromatic heterocycles. The number of benzene rings is 2. The van der Waals surface area contributed by atoms with E-state index in [0.717, 1.165) is 16.5 Å². The molecule has 0 saturated carbocycles. The number of sulfone groups is 1. The van der Waals surface area contributed by atoms with E-state index in [0.29, 0.717) is 5.39 Å². The van der Waals surface area contributed by atoms with Gasteiger partial charge in [-0.25, -0.2) is 13.2 Å². The van der Waals surface area contributed by atoms with Gasteiger partial charge in [0.05, 0.1) is 4.90 Å². The lowest BCUT2D eigenvalue weighted by atomic mass is 10.1. The van der Waals surface area contributed by atoms with Gasteiger partial charge in [-0.15, -0.1) is 0 Å². The summed E-state index contributed by atoms with van der Waals surface area (Å²) in [6.45, 7) is 1.26. The second-order valence-corrected chi connectivity index (χ2v) is 6.94. The number of nitrogens with zero attached hydrogens (tertiary/aromatic N) is 1. The molecule has 0 aliphatic carbocycles. The number of carboxylic acids is 1. The molecule has 0 heterocycles. The summed E-state index contributed by atoms with van der Waals surface area (Å²) < 4.78 is 25.0. The molecule has 2 rings (SSSR count). The third-order valence-electron chi connectivity index (χ3n) is 3.32. The third kappa shape index (κ3) is 2.96. The Bertz CT molecular complexity index is 867. The zero-order chi connectivity index (χ0) is 16.5. The Hall–Kier alpha value is -2.34. The zero-order valence-corrected chi connectivity index (χ0v) is 13.4. The molecule has 6 heteroatoms. The molecule has 116 valence electrons. The number of fused-ring (bicyclic) bond motifs is 1.